The van der Waals surface area contributed by atoms with Gasteiger partial charge in [0.2, 0.25) is 5.91 Å². The van der Waals surface area contributed by atoms with Crippen LogP contribution in [0.25, 0.3) is 11.0 Å². The minimum atomic E-state index is -0.957. The third kappa shape index (κ3) is 4.10. The van der Waals surface area contributed by atoms with Crippen molar-refractivity contribution in [3.05, 3.63) is 26.7 Å². The van der Waals surface area contributed by atoms with Crippen LogP contribution in [0.2, 0.25) is 0 Å². The van der Waals surface area contributed by atoms with Gasteiger partial charge >= 0.3 is 11.7 Å². The first-order valence-electron chi connectivity index (χ1n) is 7.82. The number of fused-ring (bicyclic) bond motifs is 1. The molecule has 10 nitrogen and oxygen atoms in total. The molecule has 2 aromatic heterocycles. The molecule has 0 fully saturated rings. The van der Waals surface area contributed by atoms with E-state index in [9.17, 15) is 19.2 Å². The second-order valence-corrected chi connectivity index (χ2v) is 7.09. The minimum absolute atomic E-state index is 0.154. The molecule has 0 aliphatic rings. The highest BCUT2D eigenvalue weighted by Crippen LogP contribution is 2.22. The normalized spacial score (nSPS) is 11.1. The second-order valence-electron chi connectivity index (χ2n) is 6.13. The van der Waals surface area contributed by atoms with Crippen LogP contribution in [0.3, 0.4) is 0 Å². The van der Waals surface area contributed by atoms with E-state index in [2.05, 4.69) is 9.97 Å². The third-order valence-electron chi connectivity index (χ3n) is 3.41. The summed E-state index contributed by atoms with van der Waals surface area (Å²) in [4.78, 5) is 56.0. The number of imide groups is 1. The number of hydrogen-bond acceptors (Lipinski definition) is 7. The van der Waals surface area contributed by atoms with E-state index in [1.807, 2.05) is 19.2 Å². The fourth-order valence-corrected chi connectivity index (χ4v) is 3.24. The first-order valence-corrected chi connectivity index (χ1v) is 8.80. The molecule has 0 unspecified atom stereocenters. The summed E-state index contributed by atoms with van der Waals surface area (Å²) in [5.74, 6) is -0.262. The van der Waals surface area contributed by atoms with E-state index in [0.717, 1.165) is 16.3 Å². The average Bonchev–Trinajstić information content (AvgIpc) is 2.53. The van der Waals surface area contributed by atoms with Crippen LogP contribution in [-0.2, 0) is 18.4 Å². The lowest BCUT2D eigenvalue weighted by molar-refractivity contribution is -0.117. The summed E-state index contributed by atoms with van der Waals surface area (Å²) in [5, 5.41) is 2.38. The van der Waals surface area contributed by atoms with E-state index in [1.165, 1.54) is 11.6 Å². The van der Waals surface area contributed by atoms with Gasteiger partial charge in [-0.15, -0.1) is 0 Å². The van der Waals surface area contributed by atoms with Crippen LogP contribution >= 0.6 is 11.8 Å². The molecule has 3 amide bonds. The van der Waals surface area contributed by atoms with Gasteiger partial charge in [0, 0.05) is 13.6 Å². The third-order valence-corrected chi connectivity index (χ3v) is 4.39. The maximum absolute atomic E-state index is 12.6. The molecule has 0 atom stereocenters. The molecular formula is C15H20N6O4S. The van der Waals surface area contributed by atoms with Crippen LogP contribution in [-0.4, -0.2) is 36.8 Å². The molecule has 140 valence electrons. The molecule has 0 saturated carbocycles. The van der Waals surface area contributed by atoms with Gasteiger partial charge in [0.25, 0.3) is 5.56 Å². The van der Waals surface area contributed by atoms with Crippen LogP contribution in [0, 0.1) is 12.8 Å². The quantitative estimate of drug-likeness (QED) is 0.537. The fraction of sp³-hybridized carbons (Fsp3) is 0.467. The average molecular weight is 380 g/mol. The number of amides is 3. The first-order chi connectivity index (χ1) is 12.1. The van der Waals surface area contributed by atoms with Gasteiger partial charge in [0.05, 0.1) is 5.75 Å². The number of carbonyl (C=O) groups is 2. The Labute approximate surface area is 152 Å². The van der Waals surface area contributed by atoms with Gasteiger partial charge in [-0.25, -0.2) is 19.6 Å². The van der Waals surface area contributed by atoms with Crippen molar-refractivity contribution in [1.29, 1.82) is 0 Å². The van der Waals surface area contributed by atoms with Crippen LogP contribution in [0.1, 0.15) is 19.7 Å². The number of primary amides is 1. The molecule has 2 aromatic rings. The Bertz CT molecular complexity index is 994. The molecule has 2 heterocycles. The maximum Gasteiger partial charge on any atom is 0.332 e. The summed E-state index contributed by atoms with van der Waals surface area (Å²) < 4.78 is 2.43. The van der Waals surface area contributed by atoms with Gasteiger partial charge in [0.1, 0.15) is 16.2 Å². The first kappa shape index (κ1) is 19.6. The molecule has 0 spiro atoms. The predicted molar refractivity (Wildman–Crippen MR) is 97.1 cm³/mol. The van der Waals surface area contributed by atoms with E-state index >= 15 is 0 Å². The van der Waals surface area contributed by atoms with Crippen LogP contribution in [0.15, 0.2) is 14.6 Å². The van der Waals surface area contributed by atoms with Gasteiger partial charge < -0.3 is 5.73 Å². The van der Waals surface area contributed by atoms with E-state index in [-0.39, 0.29) is 27.7 Å². The zero-order valence-electron chi connectivity index (χ0n) is 14.9. The summed E-state index contributed by atoms with van der Waals surface area (Å²) in [6, 6.07) is -0.957. The number of nitrogens with zero attached hydrogens (tertiary/aromatic N) is 4. The van der Waals surface area contributed by atoms with Crippen molar-refractivity contribution in [2.45, 2.75) is 32.3 Å². The Kier molecular flexibility index (Phi) is 5.80. The molecule has 0 saturated heterocycles. The smallest absolute Gasteiger partial charge is 0.332 e. The number of nitrogens with two attached hydrogens (primary N) is 1. The standard InChI is InChI=1S/C15H20N6O4S/c1-7(2)5-21-11-10(13(23)20(4)15(21)25)12(18-8(3)17-11)26-6-9(22)19-14(16)24/h7H,5-6H2,1-4H3,(H3,16,19,22,24). The fourth-order valence-electron chi connectivity index (χ4n) is 2.38. The number of thioether (sulfide) groups is 1. The van der Waals surface area contributed by atoms with Crippen molar-refractivity contribution in [1.82, 2.24) is 24.4 Å². The zero-order valence-corrected chi connectivity index (χ0v) is 15.7. The summed E-state index contributed by atoms with van der Waals surface area (Å²) in [6.07, 6.45) is 0. The molecular weight excluding hydrogens is 360 g/mol. The number of rotatable bonds is 5. The summed E-state index contributed by atoms with van der Waals surface area (Å²) >= 11 is 0.971. The van der Waals surface area contributed by atoms with Crippen LogP contribution in [0.4, 0.5) is 4.79 Å². The SMILES string of the molecule is Cc1nc(SCC(=O)NC(N)=O)c2c(=O)n(C)c(=O)n(CC(C)C)c2n1. The highest BCUT2D eigenvalue weighted by molar-refractivity contribution is 8.00. The van der Waals surface area contributed by atoms with E-state index < -0.39 is 23.2 Å². The molecule has 0 aliphatic carbocycles. The molecule has 0 bridgehead atoms. The summed E-state index contributed by atoms with van der Waals surface area (Å²) in [5.41, 5.74) is 4.14. The molecule has 3 N–H and O–H groups in total. The van der Waals surface area contributed by atoms with E-state index in [1.54, 1.807) is 6.92 Å². The van der Waals surface area contributed by atoms with Gasteiger partial charge in [-0.2, -0.15) is 0 Å². The highest BCUT2D eigenvalue weighted by atomic mass is 32.2. The zero-order chi connectivity index (χ0) is 19.6. The van der Waals surface area contributed by atoms with Crippen LogP contribution < -0.4 is 22.3 Å². The number of aromatic nitrogens is 4. The lowest BCUT2D eigenvalue weighted by atomic mass is 10.2. The van der Waals surface area contributed by atoms with Crippen molar-refractivity contribution in [2.75, 3.05) is 5.75 Å². The maximum atomic E-state index is 12.6. The minimum Gasteiger partial charge on any atom is -0.351 e. The number of nitrogens with one attached hydrogen (secondary N) is 1. The molecule has 0 aliphatic heterocycles. The van der Waals surface area contributed by atoms with Gasteiger partial charge in [-0.1, -0.05) is 25.6 Å². The van der Waals surface area contributed by atoms with E-state index in [0.29, 0.717) is 12.4 Å². The predicted octanol–water partition coefficient (Wildman–Crippen LogP) is -0.258. The van der Waals surface area contributed by atoms with Gasteiger partial charge in [0.15, 0.2) is 5.65 Å². The Morgan fingerprint density at radius 1 is 1.27 bits per heavy atom. The second kappa shape index (κ2) is 7.68. The Morgan fingerprint density at radius 2 is 1.92 bits per heavy atom. The monoisotopic (exact) mass is 380 g/mol. The molecule has 2 rings (SSSR count). The van der Waals surface area contributed by atoms with Gasteiger partial charge in [-0.05, 0) is 12.8 Å². The lowest BCUT2D eigenvalue weighted by Crippen LogP contribution is -2.40. The van der Waals surface area contributed by atoms with Crippen LogP contribution in [0.5, 0.6) is 0 Å². The largest absolute Gasteiger partial charge is 0.351 e. The molecule has 26 heavy (non-hydrogen) atoms. The summed E-state index contributed by atoms with van der Waals surface area (Å²) in [6.45, 7) is 5.91. The van der Waals surface area contributed by atoms with Crippen molar-refractivity contribution >= 4 is 34.7 Å². The van der Waals surface area contributed by atoms with Gasteiger partial charge in [-0.3, -0.25) is 24.0 Å². The Hall–Kier alpha value is -2.69. The lowest BCUT2D eigenvalue weighted by Gasteiger charge is -2.15. The topological polar surface area (TPSA) is 142 Å². The van der Waals surface area contributed by atoms with Crippen molar-refractivity contribution in [2.24, 2.45) is 18.7 Å². The highest BCUT2D eigenvalue weighted by Gasteiger charge is 2.19. The van der Waals surface area contributed by atoms with E-state index in [4.69, 9.17) is 5.73 Å². The number of aryl methyl sites for hydroxylation is 1. The molecule has 0 aromatic carbocycles. The Morgan fingerprint density at radius 3 is 2.50 bits per heavy atom. The number of carbonyl (C=O) groups excluding carboxylic acids is 2. The number of hydrogen-bond donors (Lipinski definition) is 2. The summed E-state index contributed by atoms with van der Waals surface area (Å²) in [7, 11) is 1.38. The van der Waals surface area contributed by atoms with Crippen molar-refractivity contribution in [3.63, 3.8) is 0 Å². The van der Waals surface area contributed by atoms with Crippen molar-refractivity contribution in [3.8, 4) is 0 Å². The molecule has 11 heteroatoms. The number of urea groups is 1. The van der Waals surface area contributed by atoms with Crippen molar-refractivity contribution < 1.29 is 9.59 Å². The Balaban J connectivity index is 2.63. The molecule has 0 radical (unpaired) electrons.